The van der Waals surface area contributed by atoms with Crippen molar-refractivity contribution in [3.63, 3.8) is 0 Å². The maximum Gasteiger partial charge on any atom is 0.246 e. The molecule has 0 fully saturated rings. The van der Waals surface area contributed by atoms with Gasteiger partial charge in [-0.05, 0) is 43.3 Å². The first-order valence-electron chi connectivity index (χ1n) is 9.23. The number of imidazole rings is 1. The van der Waals surface area contributed by atoms with Crippen molar-refractivity contribution in [2.24, 2.45) is 0 Å². The standard InChI is InChI=1S/C22H25N3O3/c1-16(2)22(26)23-13-12-21-24-19-6-4-5-7-20(19)25(21)14-15-28-18-10-8-17(27-3)9-11-18/h4-11H,1,12-15H2,2-3H3,(H,23,26). The lowest BCUT2D eigenvalue weighted by atomic mass is 10.3. The molecule has 6 nitrogen and oxygen atoms in total. The second-order valence-electron chi connectivity index (χ2n) is 6.48. The summed E-state index contributed by atoms with van der Waals surface area (Å²) in [6, 6.07) is 15.5. The Bertz CT molecular complexity index is 961. The average molecular weight is 379 g/mol. The Morgan fingerprint density at radius 1 is 1.14 bits per heavy atom. The Morgan fingerprint density at radius 3 is 2.57 bits per heavy atom. The van der Waals surface area contributed by atoms with Gasteiger partial charge in [-0.1, -0.05) is 18.7 Å². The topological polar surface area (TPSA) is 65.4 Å². The number of carbonyl (C=O) groups excluding carboxylic acids is 1. The lowest BCUT2D eigenvalue weighted by Crippen LogP contribution is -2.27. The molecule has 6 heteroatoms. The van der Waals surface area contributed by atoms with Gasteiger partial charge in [0.05, 0.1) is 24.7 Å². The van der Waals surface area contributed by atoms with Crippen LogP contribution in [0.3, 0.4) is 0 Å². The number of aromatic nitrogens is 2. The smallest absolute Gasteiger partial charge is 0.246 e. The van der Waals surface area contributed by atoms with Crippen LogP contribution in [0.25, 0.3) is 11.0 Å². The third-order valence-corrected chi connectivity index (χ3v) is 4.40. The van der Waals surface area contributed by atoms with Crippen molar-refractivity contribution >= 4 is 16.9 Å². The monoisotopic (exact) mass is 379 g/mol. The summed E-state index contributed by atoms with van der Waals surface area (Å²) in [4.78, 5) is 16.4. The largest absolute Gasteiger partial charge is 0.497 e. The molecule has 0 bridgehead atoms. The Hall–Kier alpha value is -3.28. The van der Waals surface area contributed by atoms with Gasteiger partial charge in [0, 0.05) is 18.5 Å². The molecule has 0 saturated heterocycles. The lowest BCUT2D eigenvalue weighted by Gasteiger charge is -2.11. The number of carbonyl (C=O) groups is 1. The average Bonchev–Trinajstić information content (AvgIpc) is 3.06. The fourth-order valence-corrected chi connectivity index (χ4v) is 2.93. The van der Waals surface area contributed by atoms with Gasteiger partial charge in [-0.15, -0.1) is 0 Å². The van der Waals surface area contributed by atoms with Gasteiger partial charge in [0.15, 0.2) is 0 Å². The summed E-state index contributed by atoms with van der Waals surface area (Å²) < 4.78 is 13.2. The molecule has 0 unspecified atom stereocenters. The summed E-state index contributed by atoms with van der Waals surface area (Å²) in [5, 5.41) is 2.86. The van der Waals surface area contributed by atoms with Gasteiger partial charge < -0.3 is 19.4 Å². The Kier molecular flexibility index (Phi) is 6.32. The summed E-state index contributed by atoms with van der Waals surface area (Å²) in [6.45, 7) is 7.03. The summed E-state index contributed by atoms with van der Waals surface area (Å²) >= 11 is 0. The van der Waals surface area contributed by atoms with E-state index in [4.69, 9.17) is 14.5 Å². The highest BCUT2D eigenvalue weighted by atomic mass is 16.5. The third-order valence-electron chi connectivity index (χ3n) is 4.40. The Balaban J connectivity index is 1.67. The SMILES string of the molecule is C=C(C)C(=O)NCCc1nc2ccccc2n1CCOc1ccc(OC)cc1. The predicted octanol–water partition coefficient (Wildman–Crippen LogP) is 3.36. The maximum atomic E-state index is 11.7. The van der Waals surface area contributed by atoms with Crippen LogP contribution in [0.2, 0.25) is 0 Å². The van der Waals surface area contributed by atoms with E-state index in [0.717, 1.165) is 28.4 Å². The highest BCUT2D eigenvalue weighted by Crippen LogP contribution is 2.19. The molecule has 3 aromatic rings. The van der Waals surface area contributed by atoms with Crippen molar-refractivity contribution in [1.82, 2.24) is 14.9 Å². The van der Waals surface area contributed by atoms with Gasteiger partial charge in [0.25, 0.3) is 0 Å². The maximum absolute atomic E-state index is 11.7. The lowest BCUT2D eigenvalue weighted by molar-refractivity contribution is -0.117. The van der Waals surface area contributed by atoms with E-state index >= 15 is 0 Å². The molecule has 146 valence electrons. The number of hydrogen-bond acceptors (Lipinski definition) is 4. The molecule has 1 N–H and O–H groups in total. The van der Waals surface area contributed by atoms with Crippen molar-refractivity contribution in [2.45, 2.75) is 19.9 Å². The zero-order chi connectivity index (χ0) is 19.9. The molecular weight excluding hydrogens is 354 g/mol. The highest BCUT2D eigenvalue weighted by molar-refractivity contribution is 5.92. The number of ether oxygens (including phenoxy) is 2. The van der Waals surface area contributed by atoms with Crippen molar-refractivity contribution in [3.8, 4) is 11.5 Å². The van der Waals surface area contributed by atoms with E-state index in [1.165, 1.54) is 0 Å². The number of rotatable bonds is 9. The zero-order valence-corrected chi connectivity index (χ0v) is 16.3. The van der Waals surface area contributed by atoms with Gasteiger partial charge in [0.1, 0.15) is 23.9 Å². The zero-order valence-electron chi connectivity index (χ0n) is 16.3. The van der Waals surface area contributed by atoms with Crippen molar-refractivity contribution in [2.75, 3.05) is 20.3 Å². The van der Waals surface area contributed by atoms with Crippen LogP contribution in [0, 0.1) is 0 Å². The van der Waals surface area contributed by atoms with Crippen molar-refractivity contribution < 1.29 is 14.3 Å². The van der Waals surface area contributed by atoms with E-state index in [2.05, 4.69) is 16.5 Å². The number of hydrogen-bond donors (Lipinski definition) is 1. The molecule has 0 aliphatic rings. The fraction of sp³-hybridized carbons (Fsp3) is 0.273. The first-order chi connectivity index (χ1) is 13.6. The highest BCUT2D eigenvalue weighted by Gasteiger charge is 2.11. The minimum Gasteiger partial charge on any atom is -0.497 e. The number of fused-ring (bicyclic) bond motifs is 1. The summed E-state index contributed by atoms with van der Waals surface area (Å²) in [5.74, 6) is 2.37. The number of benzene rings is 2. The molecule has 3 rings (SSSR count). The van der Waals surface area contributed by atoms with Crippen LogP contribution < -0.4 is 14.8 Å². The summed E-state index contributed by atoms with van der Waals surface area (Å²) in [6.07, 6.45) is 0.635. The first-order valence-corrected chi connectivity index (χ1v) is 9.23. The summed E-state index contributed by atoms with van der Waals surface area (Å²) in [7, 11) is 1.64. The van der Waals surface area contributed by atoms with E-state index in [1.54, 1.807) is 14.0 Å². The number of methoxy groups -OCH3 is 1. The molecule has 1 amide bonds. The Morgan fingerprint density at radius 2 is 1.86 bits per heavy atom. The normalized spacial score (nSPS) is 10.6. The van der Waals surface area contributed by atoms with Crippen LogP contribution in [0.15, 0.2) is 60.7 Å². The van der Waals surface area contributed by atoms with Gasteiger partial charge in [0.2, 0.25) is 5.91 Å². The molecule has 1 heterocycles. The number of para-hydroxylation sites is 2. The van der Waals surface area contributed by atoms with E-state index in [-0.39, 0.29) is 5.91 Å². The molecule has 0 aliphatic carbocycles. The minimum atomic E-state index is -0.134. The predicted molar refractivity (Wildman–Crippen MR) is 110 cm³/mol. The molecule has 1 aromatic heterocycles. The van der Waals surface area contributed by atoms with E-state index in [1.807, 2.05) is 48.5 Å². The molecule has 0 aliphatic heterocycles. The molecule has 0 radical (unpaired) electrons. The second kappa shape index (κ2) is 9.08. The van der Waals surface area contributed by atoms with Crippen LogP contribution >= 0.6 is 0 Å². The van der Waals surface area contributed by atoms with Gasteiger partial charge >= 0.3 is 0 Å². The molecule has 28 heavy (non-hydrogen) atoms. The second-order valence-corrected chi connectivity index (χ2v) is 6.48. The van der Waals surface area contributed by atoms with Crippen LogP contribution in [0.4, 0.5) is 0 Å². The van der Waals surface area contributed by atoms with E-state index < -0.39 is 0 Å². The quantitative estimate of drug-likeness (QED) is 0.579. The molecule has 0 saturated carbocycles. The van der Waals surface area contributed by atoms with Crippen LogP contribution in [-0.2, 0) is 17.8 Å². The molecule has 2 aromatic carbocycles. The van der Waals surface area contributed by atoms with Crippen LogP contribution in [0.1, 0.15) is 12.7 Å². The van der Waals surface area contributed by atoms with E-state index in [0.29, 0.717) is 31.7 Å². The molecule has 0 atom stereocenters. The number of amides is 1. The molecular formula is C22H25N3O3. The van der Waals surface area contributed by atoms with Gasteiger partial charge in [-0.3, -0.25) is 4.79 Å². The van der Waals surface area contributed by atoms with Crippen LogP contribution in [-0.4, -0.2) is 35.7 Å². The van der Waals surface area contributed by atoms with Crippen molar-refractivity contribution in [3.05, 3.63) is 66.5 Å². The Labute approximate surface area is 164 Å². The van der Waals surface area contributed by atoms with Gasteiger partial charge in [-0.25, -0.2) is 4.98 Å². The third kappa shape index (κ3) is 4.71. The number of nitrogens with one attached hydrogen (secondary N) is 1. The van der Waals surface area contributed by atoms with Gasteiger partial charge in [-0.2, -0.15) is 0 Å². The number of nitrogens with zero attached hydrogens (tertiary/aromatic N) is 2. The van der Waals surface area contributed by atoms with Crippen molar-refractivity contribution in [1.29, 1.82) is 0 Å². The van der Waals surface area contributed by atoms with E-state index in [9.17, 15) is 4.79 Å². The first kappa shape index (κ1) is 19.5. The molecule has 0 spiro atoms. The fourth-order valence-electron chi connectivity index (χ4n) is 2.93. The minimum absolute atomic E-state index is 0.134. The van der Waals surface area contributed by atoms with Crippen LogP contribution in [0.5, 0.6) is 11.5 Å². The summed E-state index contributed by atoms with van der Waals surface area (Å²) in [5.41, 5.74) is 2.50.